The molecule has 0 saturated carbocycles. The third-order valence-corrected chi connectivity index (χ3v) is 4.35. The van der Waals surface area contributed by atoms with Gasteiger partial charge in [0.25, 0.3) is 0 Å². The molecule has 0 N–H and O–H groups in total. The van der Waals surface area contributed by atoms with Crippen molar-refractivity contribution in [2.75, 3.05) is 0 Å². The molecule has 0 aliphatic heterocycles. The first kappa shape index (κ1) is 11.0. The normalized spacial score (nSPS) is 10.5. The number of nitrogens with zero attached hydrogens (tertiary/aromatic N) is 2. The molecule has 0 unspecified atom stereocenters. The highest BCUT2D eigenvalue weighted by Crippen LogP contribution is 2.27. The van der Waals surface area contributed by atoms with Crippen molar-refractivity contribution in [3.8, 4) is 0 Å². The van der Waals surface area contributed by atoms with Gasteiger partial charge in [0, 0.05) is 10.2 Å². The molecule has 0 spiro atoms. The van der Waals surface area contributed by atoms with Gasteiger partial charge in [-0.25, -0.2) is 4.39 Å². The maximum atomic E-state index is 12.8. The highest BCUT2D eigenvalue weighted by Gasteiger charge is 2.04. The number of hydrogen-bond donors (Lipinski definition) is 0. The minimum absolute atomic E-state index is 0.230. The second kappa shape index (κ2) is 5.05. The number of thioether (sulfide) groups is 1. The first-order valence-corrected chi connectivity index (χ1v) is 6.74. The van der Waals surface area contributed by atoms with E-state index in [9.17, 15) is 4.39 Å². The van der Waals surface area contributed by atoms with Gasteiger partial charge in [0.15, 0.2) is 4.34 Å². The van der Waals surface area contributed by atoms with E-state index < -0.39 is 0 Å². The van der Waals surface area contributed by atoms with Gasteiger partial charge in [-0.2, -0.15) is 0 Å². The SMILES string of the molecule is Fc1ccc(CSc2nncs2)c(Br)c1. The summed E-state index contributed by atoms with van der Waals surface area (Å²) in [6.07, 6.45) is 0. The van der Waals surface area contributed by atoms with Crippen LogP contribution in [0, 0.1) is 5.82 Å². The lowest BCUT2D eigenvalue weighted by Gasteiger charge is -2.02. The molecule has 0 atom stereocenters. The molecule has 0 saturated heterocycles. The van der Waals surface area contributed by atoms with Crippen LogP contribution >= 0.6 is 39.0 Å². The minimum atomic E-state index is -0.230. The number of hydrogen-bond acceptors (Lipinski definition) is 4. The Balaban J connectivity index is 2.05. The fourth-order valence-corrected chi connectivity index (χ4v) is 3.17. The lowest BCUT2D eigenvalue weighted by Crippen LogP contribution is -1.84. The Morgan fingerprint density at radius 1 is 1.47 bits per heavy atom. The molecule has 15 heavy (non-hydrogen) atoms. The lowest BCUT2D eigenvalue weighted by molar-refractivity contribution is 0.626. The topological polar surface area (TPSA) is 25.8 Å². The summed E-state index contributed by atoms with van der Waals surface area (Å²) >= 11 is 6.42. The summed E-state index contributed by atoms with van der Waals surface area (Å²) < 4.78 is 14.5. The van der Waals surface area contributed by atoms with Crippen molar-refractivity contribution in [2.24, 2.45) is 0 Å². The predicted molar refractivity (Wildman–Crippen MR) is 63.6 cm³/mol. The molecule has 1 aromatic carbocycles. The summed E-state index contributed by atoms with van der Waals surface area (Å²) in [5.41, 5.74) is 2.75. The van der Waals surface area contributed by atoms with Crippen LogP contribution in [-0.2, 0) is 5.75 Å². The maximum Gasteiger partial charge on any atom is 0.174 e. The van der Waals surface area contributed by atoms with Crippen molar-refractivity contribution in [3.63, 3.8) is 0 Å². The van der Waals surface area contributed by atoms with E-state index in [2.05, 4.69) is 26.1 Å². The molecular weight excluding hydrogens is 299 g/mol. The fraction of sp³-hybridized carbons (Fsp3) is 0.111. The molecule has 0 aliphatic carbocycles. The van der Waals surface area contributed by atoms with Crippen molar-refractivity contribution in [1.82, 2.24) is 10.2 Å². The Morgan fingerprint density at radius 3 is 3.00 bits per heavy atom. The molecule has 6 heteroatoms. The van der Waals surface area contributed by atoms with Gasteiger partial charge in [0.1, 0.15) is 11.3 Å². The van der Waals surface area contributed by atoms with Crippen molar-refractivity contribution in [1.29, 1.82) is 0 Å². The Bertz CT molecular complexity index is 447. The fourth-order valence-electron chi connectivity index (χ4n) is 1.00. The van der Waals surface area contributed by atoms with Crippen LogP contribution in [0.1, 0.15) is 5.56 Å². The van der Waals surface area contributed by atoms with E-state index >= 15 is 0 Å². The van der Waals surface area contributed by atoms with Crippen LogP contribution in [0.25, 0.3) is 0 Å². The number of rotatable bonds is 3. The van der Waals surface area contributed by atoms with Gasteiger partial charge in [-0.3, -0.25) is 0 Å². The summed E-state index contributed by atoms with van der Waals surface area (Å²) in [7, 11) is 0. The van der Waals surface area contributed by atoms with Crippen molar-refractivity contribution < 1.29 is 4.39 Å². The monoisotopic (exact) mass is 304 g/mol. The van der Waals surface area contributed by atoms with E-state index in [0.717, 1.165) is 20.1 Å². The van der Waals surface area contributed by atoms with Crippen LogP contribution in [-0.4, -0.2) is 10.2 Å². The third-order valence-electron chi connectivity index (χ3n) is 1.71. The summed E-state index contributed by atoms with van der Waals surface area (Å²) in [5, 5.41) is 7.67. The zero-order valence-electron chi connectivity index (χ0n) is 7.48. The number of benzene rings is 1. The van der Waals surface area contributed by atoms with E-state index in [4.69, 9.17) is 0 Å². The standard InChI is InChI=1S/C9H6BrFN2S2/c10-8-3-7(11)2-1-6(8)4-14-9-13-12-5-15-9/h1-3,5H,4H2. The summed E-state index contributed by atoms with van der Waals surface area (Å²) in [6, 6.07) is 4.70. The second-order valence-electron chi connectivity index (χ2n) is 2.73. The zero-order valence-corrected chi connectivity index (χ0v) is 10.7. The lowest BCUT2D eigenvalue weighted by atomic mass is 10.2. The average molecular weight is 305 g/mol. The van der Waals surface area contributed by atoms with Crippen molar-refractivity contribution in [3.05, 3.63) is 39.6 Å². The van der Waals surface area contributed by atoms with E-state index in [0.29, 0.717) is 0 Å². The van der Waals surface area contributed by atoms with Crippen LogP contribution in [0.5, 0.6) is 0 Å². The number of aromatic nitrogens is 2. The first-order valence-electron chi connectivity index (χ1n) is 4.08. The van der Waals surface area contributed by atoms with E-state index in [1.54, 1.807) is 23.3 Å². The highest BCUT2D eigenvalue weighted by atomic mass is 79.9. The molecule has 0 bridgehead atoms. The van der Waals surface area contributed by atoms with Gasteiger partial charge in [-0.05, 0) is 17.7 Å². The third kappa shape index (κ3) is 2.99. The van der Waals surface area contributed by atoms with Crippen LogP contribution in [0.3, 0.4) is 0 Å². The molecule has 0 radical (unpaired) electrons. The van der Waals surface area contributed by atoms with Crippen LogP contribution in [0.2, 0.25) is 0 Å². The Kier molecular flexibility index (Phi) is 3.71. The highest BCUT2D eigenvalue weighted by molar-refractivity contribution is 9.10. The van der Waals surface area contributed by atoms with Gasteiger partial charge >= 0.3 is 0 Å². The predicted octanol–water partition coefficient (Wildman–Crippen LogP) is 3.73. The Labute approximate surface area is 103 Å². The molecule has 2 aromatic rings. The molecule has 0 amide bonds. The largest absolute Gasteiger partial charge is 0.207 e. The Hall–Kier alpha value is -0.460. The minimum Gasteiger partial charge on any atom is -0.207 e. The van der Waals surface area contributed by atoms with E-state index in [1.165, 1.54) is 23.5 Å². The summed E-state index contributed by atoms with van der Waals surface area (Å²) in [6.45, 7) is 0. The van der Waals surface area contributed by atoms with Crippen molar-refractivity contribution in [2.45, 2.75) is 10.1 Å². The Morgan fingerprint density at radius 2 is 2.33 bits per heavy atom. The number of halogens is 2. The van der Waals surface area contributed by atoms with Gasteiger partial charge in [-0.15, -0.1) is 10.2 Å². The van der Waals surface area contributed by atoms with Gasteiger partial charge < -0.3 is 0 Å². The van der Waals surface area contributed by atoms with E-state index in [1.807, 2.05) is 0 Å². The molecule has 0 fully saturated rings. The van der Waals surface area contributed by atoms with Gasteiger partial charge in [0.2, 0.25) is 0 Å². The molecular formula is C9H6BrFN2S2. The molecule has 78 valence electrons. The smallest absolute Gasteiger partial charge is 0.174 e. The van der Waals surface area contributed by atoms with Crippen LogP contribution in [0.4, 0.5) is 4.39 Å². The van der Waals surface area contributed by atoms with Gasteiger partial charge in [0.05, 0.1) is 0 Å². The molecule has 1 aromatic heterocycles. The van der Waals surface area contributed by atoms with E-state index in [-0.39, 0.29) is 5.82 Å². The summed E-state index contributed by atoms with van der Waals surface area (Å²) in [5.74, 6) is 0.530. The average Bonchev–Trinajstić information content (AvgIpc) is 2.69. The summed E-state index contributed by atoms with van der Waals surface area (Å²) in [4.78, 5) is 0. The van der Waals surface area contributed by atoms with Crippen LogP contribution < -0.4 is 0 Å². The molecule has 2 rings (SSSR count). The molecule has 0 aliphatic rings. The van der Waals surface area contributed by atoms with Crippen molar-refractivity contribution >= 4 is 39.0 Å². The van der Waals surface area contributed by atoms with Gasteiger partial charge in [-0.1, -0.05) is 45.1 Å². The molecule has 2 nitrogen and oxygen atoms in total. The first-order chi connectivity index (χ1) is 7.25. The molecule has 1 heterocycles. The quantitative estimate of drug-likeness (QED) is 0.808. The zero-order chi connectivity index (χ0) is 10.7. The van der Waals surface area contributed by atoms with Crippen LogP contribution in [0.15, 0.2) is 32.5 Å². The second-order valence-corrected chi connectivity index (χ2v) is 5.64. The maximum absolute atomic E-state index is 12.8.